The van der Waals surface area contributed by atoms with E-state index in [1.54, 1.807) is 4.90 Å². The van der Waals surface area contributed by atoms with E-state index in [1.807, 2.05) is 24.3 Å². The molecule has 3 rings (SSSR count). The van der Waals surface area contributed by atoms with Crippen molar-refractivity contribution in [2.75, 3.05) is 6.54 Å². The normalized spacial score (nSPS) is 13.8. The first-order valence-electron chi connectivity index (χ1n) is 8.43. The van der Waals surface area contributed by atoms with Crippen molar-refractivity contribution >= 4 is 18.0 Å². The van der Waals surface area contributed by atoms with Crippen molar-refractivity contribution in [2.45, 2.75) is 19.9 Å². The van der Waals surface area contributed by atoms with Gasteiger partial charge in [0.15, 0.2) is 0 Å². The second kappa shape index (κ2) is 7.41. The molecule has 138 valence electrons. The van der Waals surface area contributed by atoms with Gasteiger partial charge in [0.25, 0.3) is 5.91 Å². The van der Waals surface area contributed by atoms with E-state index in [9.17, 15) is 24.8 Å². The van der Waals surface area contributed by atoms with Crippen molar-refractivity contribution in [3.63, 3.8) is 0 Å². The summed E-state index contributed by atoms with van der Waals surface area (Å²) in [6, 6.07) is 11.9. The van der Waals surface area contributed by atoms with Gasteiger partial charge in [-0.15, -0.1) is 0 Å². The van der Waals surface area contributed by atoms with E-state index in [0.717, 1.165) is 5.56 Å². The SMILES string of the molecule is C/C(=C\c1ccc(C(=O)O)cc1C(=O)N1CCc2ccccc2C1)[N+](=O)[O-]. The van der Waals surface area contributed by atoms with Crippen molar-refractivity contribution in [3.05, 3.63) is 86.1 Å². The van der Waals surface area contributed by atoms with E-state index in [4.69, 9.17) is 0 Å². The van der Waals surface area contributed by atoms with Gasteiger partial charge in [-0.05, 0) is 35.2 Å². The number of carbonyl (C=O) groups is 2. The molecule has 0 radical (unpaired) electrons. The first kappa shape index (κ1) is 18.3. The molecule has 0 saturated carbocycles. The van der Waals surface area contributed by atoms with E-state index in [0.29, 0.717) is 25.1 Å². The minimum absolute atomic E-state index is 0.0355. The molecule has 0 unspecified atom stereocenters. The van der Waals surface area contributed by atoms with E-state index in [-0.39, 0.29) is 22.7 Å². The monoisotopic (exact) mass is 366 g/mol. The summed E-state index contributed by atoms with van der Waals surface area (Å²) in [6.07, 6.45) is 2.00. The molecule has 0 aliphatic carbocycles. The maximum absolute atomic E-state index is 13.1. The summed E-state index contributed by atoms with van der Waals surface area (Å²) >= 11 is 0. The zero-order valence-corrected chi connectivity index (χ0v) is 14.7. The van der Waals surface area contributed by atoms with Gasteiger partial charge in [0.05, 0.1) is 10.5 Å². The van der Waals surface area contributed by atoms with Gasteiger partial charge in [-0.1, -0.05) is 30.3 Å². The molecule has 1 aliphatic heterocycles. The number of hydrogen-bond donors (Lipinski definition) is 1. The first-order valence-corrected chi connectivity index (χ1v) is 8.43. The van der Waals surface area contributed by atoms with Crippen LogP contribution in [0.15, 0.2) is 48.2 Å². The van der Waals surface area contributed by atoms with Crippen molar-refractivity contribution in [1.82, 2.24) is 4.90 Å². The van der Waals surface area contributed by atoms with Crippen LogP contribution in [-0.4, -0.2) is 33.4 Å². The van der Waals surface area contributed by atoms with Gasteiger partial charge in [-0.2, -0.15) is 0 Å². The smallest absolute Gasteiger partial charge is 0.335 e. The Morgan fingerprint density at radius 3 is 2.56 bits per heavy atom. The van der Waals surface area contributed by atoms with E-state index >= 15 is 0 Å². The van der Waals surface area contributed by atoms with Crippen molar-refractivity contribution in [2.24, 2.45) is 0 Å². The Hall–Kier alpha value is -3.48. The Kier molecular flexibility index (Phi) is 5.03. The summed E-state index contributed by atoms with van der Waals surface area (Å²) in [5.74, 6) is -1.50. The highest BCUT2D eigenvalue weighted by molar-refractivity contribution is 6.00. The van der Waals surface area contributed by atoms with Crippen LogP contribution in [0, 0.1) is 10.1 Å². The molecule has 1 N–H and O–H groups in total. The number of rotatable bonds is 4. The van der Waals surface area contributed by atoms with Crippen LogP contribution in [0.3, 0.4) is 0 Å². The first-order chi connectivity index (χ1) is 12.9. The highest BCUT2D eigenvalue weighted by atomic mass is 16.6. The Labute approximate surface area is 155 Å². The second-order valence-corrected chi connectivity index (χ2v) is 6.40. The molecule has 7 heteroatoms. The average Bonchev–Trinajstić information content (AvgIpc) is 2.67. The molecule has 0 spiro atoms. The van der Waals surface area contributed by atoms with Gasteiger partial charge in [0.2, 0.25) is 5.70 Å². The van der Waals surface area contributed by atoms with E-state index in [2.05, 4.69) is 0 Å². The number of benzene rings is 2. The largest absolute Gasteiger partial charge is 0.478 e. The fourth-order valence-electron chi connectivity index (χ4n) is 3.12. The molecule has 0 aromatic heterocycles. The quantitative estimate of drug-likeness (QED) is 0.661. The zero-order chi connectivity index (χ0) is 19.6. The highest BCUT2D eigenvalue weighted by Gasteiger charge is 2.24. The Morgan fingerprint density at radius 2 is 1.89 bits per heavy atom. The molecular formula is C20H18N2O5. The molecule has 27 heavy (non-hydrogen) atoms. The summed E-state index contributed by atoms with van der Waals surface area (Å²) in [5.41, 5.74) is 2.55. The summed E-state index contributed by atoms with van der Waals surface area (Å²) in [5, 5.41) is 20.2. The van der Waals surface area contributed by atoms with Crippen LogP contribution in [0.4, 0.5) is 0 Å². The Bertz CT molecular complexity index is 965. The fraction of sp³-hybridized carbons (Fsp3) is 0.200. The molecule has 0 fully saturated rings. The third kappa shape index (κ3) is 3.87. The predicted octanol–water partition coefficient (Wildman–Crippen LogP) is 3.22. The zero-order valence-electron chi connectivity index (χ0n) is 14.7. The van der Waals surface area contributed by atoms with Crippen LogP contribution in [-0.2, 0) is 13.0 Å². The van der Waals surface area contributed by atoms with Crippen molar-refractivity contribution in [3.8, 4) is 0 Å². The summed E-state index contributed by atoms with van der Waals surface area (Å²) in [4.78, 5) is 36.4. The lowest BCUT2D eigenvalue weighted by atomic mass is 9.97. The molecule has 1 amide bonds. The molecule has 0 saturated heterocycles. The van der Waals surface area contributed by atoms with Crippen LogP contribution in [0.25, 0.3) is 6.08 Å². The number of amides is 1. The van der Waals surface area contributed by atoms with Gasteiger partial charge >= 0.3 is 5.97 Å². The van der Waals surface area contributed by atoms with Gasteiger partial charge in [0.1, 0.15) is 0 Å². The van der Waals surface area contributed by atoms with Gasteiger partial charge in [0, 0.05) is 31.7 Å². The van der Waals surface area contributed by atoms with Crippen molar-refractivity contribution in [1.29, 1.82) is 0 Å². The number of nitro groups is 1. The summed E-state index contributed by atoms with van der Waals surface area (Å²) in [6.45, 7) is 2.25. The van der Waals surface area contributed by atoms with Crippen LogP contribution in [0.2, 0.25) is 0 Å². The van der Waals surface area contributed by atoms with Crippen LogP contribution >= 0.6 is 0 Å². The third-order valence-electron chi connectivity index (χ3n) is 4.60. The van der Waals surface area contributed by atoms with Gasteiger partial charge < -0.3 is 10.0 Å². The minimum atomic E-state index is -1.16. The number of aromatic carboxylic acids is 1. The van der Waals surface area contributed by atoms with Crippen LogP contribution < -0.4 is 0 Å². The number of allylic oxidation sites excluding steroid dienone is 1. The minimum Gasteiger partial charge on any atom is -0.478 e. The fourth-order valence-corrected chi connectivity index (χ4v) is 3.12. The number of carboxylic acid groups (broad SMARTS) is 1. The predicted molar refractivity (Wildman–Crippen MR) is 98.9 cm³/mol. The maximum Gasteiger partial charge on any atom is 0.335 e. The molecule has 2 aromatic carbocycles. The molecular weight excluding hydrogens is 348 g/mol. The topological polar surface area (TPSA) is 101 Å². The highest BCUT2D eigenvalue weighted by Crippen LogP contribution is 2.23. The van der Waals surface area contributed by atoms with Gasteiger partial charge in [-0.25, -0.2) is 4.79 Å². The van der Waals surface area contributed by atoms with E-state index in [1.165, 1.54) is 36.8 Å². The molecule has 1 heterocycles. The maximum atomic E-state index is 13.1. The lowest BCUT2D eigenvalue weighted by Gasteiger charge is -2.29. The number of carbonyl (C=O) groups excluding carboxylic acids is 1. The molecule has 7 nitrogen and oxygen atoms in total. The van der Waals surface area contributed by atoms with Gasteiger partial charge in [-0.3, -0.25) is 14.9 Å². The Balaban J connectivity index is 1.99. The number of hydrogen-bond acceptors (Lipinski definition) is 4. The van der Waals surface area contributed by atoms with Crippen LogP contribution in [0.1, 0.15) is 44.3 Å². The third-order valence-corrected chi connectivity index (χ3v) is 4.60. The lowest BCUT2D eigenvalue weighted by molar-refractivity contribution is -0.422. The molecule has 0 atom stereocenters. The molecule has 0 bridgehead atoms. The lowest BCUT2D eigenvalue weighted by Crippen LogP contribution is -2.36. The number of carboxylic acids is 1. The molecule has 2 aromatic rings. The number of nitrogens with zero attached hydrogens (tertiary/aromatic N) is 2. The average molecular weight is 366 g/mol. The Morgan fingerprint density at radius 1 is 1.19 bits per heavy atom. The standard InChI is InChI=1S/C20H18N2O5/c1-13(22(26)27)10-15-6-7-16(20(24)25)11-18(15)19(23)21-9-8-14-4-2-3-5-17(14)12-21/h2-7,10-11H,8-9,12H2,1H3,(H,24,25)/b13-10+. The van der Waals surface area contributed by atoms with E-state index < -0.39 is 10.9 Å². The number of fused-ring (bicyclic) bond motifs is 1. The summed E-state index contributed by atoms with van der Waals surface area (Å²) < 4.78 is 0. The van der Waals surface area contributed by atoms with Crippen molar-refractivity contribution < 1.29 is 19.6 Å². The molecule has 1 aliphatic rings. The van der Waals surface area contributed by atoms with Crippen LogP contribution in [0.5, 0.6) is 0 Å². The summed E-state index contributed by atoms with van der Waals surface area (Å²) in [7, 11) is 0. The second-order valence-electron chi connectivity index (χ2n) is 6.40.